The molecule has 2 N–H and O–H groups in total. The van der Waals surface area contributed by atoms with Crippen molar-refractivity contribution < 1.29 is 24.2 Å². The van der Waals surface area contributed by atoms with Crippen LogP contribution in [0.3, 0.4) is 0 Å². The SMILES string of the molecule is CC(=O)c1cc(C(=O)NCc2ccc(OCCCC(=O)O)cc2)n(C)c1. The van der Waals surface area contributed by atoms with E-state index in [-0.39, 0.29) is 18.1 Å². The highest BCUT2D eigenvalue weighted by Gasteiger charge is 2.13. The summed E-state index contributed by atoms with van der Waals surface area (Å²) < 4.78 is 7.09. The van der Waals surface area contributed by atoms with E-state index >= 15 is 0 Å². The minimum Gasteiger partial charge on any atom is -0.494 e. The summed E-state index contributed by atoms with van der Waals surface area (Å²) in [6.45, 7) is 2.15. The first-order valence-corrected chi connectivity index (χ1v) is 8.26. The largest absolute Gasteiger partial charge is 0.494 e. The lowest BCUT2D eigenvalue weighted by Gasteiger charge is -2.08. The maximum atomic E-state index is 12.3. The molecule has 138 valence electrons. The number of amides is 1. The molecular weight excluding hydrogens is 336 g/mol. The molecule has 0 aliphatic rings. The first kappa shape index (κ1) is 19.2. The molecule has 1 amide bonds. The van der Waals surface area contributed by atoms with Crippen molar-refractivity contribution in [1.82, 2.24) is 9.88 Å². The summed E-state index contributed by atoms with van der Waals surface area (Å²) >= 11 is 0. The van der Waals surface area contributed by atoms with Crippen molar-refractivity contribution in [2.75, 3.05) is 6.61 Å². The quantitative estimate of drug-likeness (QED) is 0.530. The van der Waals surface area contributed by atoms with Gasteiger partial charge in [-0.15, -0.1) is 0 Å². The first-order chi connectivity index (χ1) is 12.4. The Morgan fingerprint density at radius 2 is 1.88 bits per heavy atom. The van der Waals surface area contributed by atoms with Crippen LogP contribution >= 0.6 is 0 Å². The summed E-state index contributed by atoms with van der Waals surface area (Å²) in [5.41, 5.74) is 1.83. The molecule has 7 heteroatoms. The Hall–Kier alpha value is -3.09. The lowest BCUT2D eigenvalue weighted by atomic mass is 10.2. The number of aromatic nitrogens is 1. The van der Waals surface area contributed by atoms with Crippen LogP contribution in [0.5, 0.6) is 5.75 Å². The third kappa shape index (κ3) is 5.47. The number of benzene rings is 1. The zero-order valence-electron chi connectivity index (χ0n) is 14.8. The second kappa shape index (κ2) is 8.84. The van der Waals surface area contributed by atoms with Gasteiger partial charge >= 0.3 is 5.97 Å². The van der Waals surface area contributed by atoms with Crippen molar-refractivity contribution in [3.63, 3.8) is 0 Å². The second-order valence-corrected chi connectivity index (χ2v) is 5.95. The fourth-order valence-electron chi connectivity index (χ4n) is 2.37. The smallest absolute Gasteiger partial charge is 0.303 e. The maximum Gasteiger partial charge on any atom is 0.303 e. The van der Waals surface area contributed by atoms with Crippen molar-refractivity contribution in [3.05, 3.63) is 53.3 Å². The number of ketones is 1. The van der Waals surface area contributed by atoms with Crippen LogP contribution < -0.4 is 10.1 Å². The van der Waals surface area contributed by atoms with E-state index in [0.29, 0.717) is 36.6 Å². The molecule has 0 unspecified atom stereocenters. The average Bonchev–Trinajstić information content (AvgIpc) is 3.00. The van der Waals surface area contributed by atoms with Crippen LogP contribution in [0.25, 0.3) is 0 Å². The normalized spacial score (nSPS) is 10.4. The van der Waals surface area contributed by atoms with Gasteiger partial charge in [0, 0.05) is 31.8 Å². The molecule has 0 atom stereocenters. The third-order valence-corrected chi connectivity index (χ3v) is 3.82. The van der Waals surface area contributed by atoms with Crippen LogP contribution in [-0.2, 0) is 18.4 Å². The Kier molecular flexibility index (Phi) is 6.54. The summed E-state index contributed by atoms with van der Waals surface area (Å²) in [6.07, 6.45) is 2.16. The molecule has 26 heavy (non-hydrogen) atoms. The topological polar surface area (TPSA) is 97.6 Å². The zero-order chi connectivity index (χ0) is 19.1. The molecule has 0 bridgehead atoms. The number of carboxylic acid groups (broad SMARTS) is 1. The van der Waals surface area contributed by atoms with Crippen molar-refractivity contribution >= 4 is 17.7 Å². The molecule has 1 aromatic carbocycles. The van der Waals surface area contributed by atoms with E-state index in [1.807, 2.05) is 12.1 Å². The molecule has 0 fully saturated rings. The number of carbonyl (C=O) groups is 3. The number of hydrogen-bond donors (Lipinski definition) is 2. The van der Waals surface area contributed by atoms with Gasteiger partial charge in [0.2, 0.25) is 0 Å². The van der Waals surface area contributed by atoms with E-state index in [1.165, 1.54) is 6.92 Å². The number of hydrogen-bond acceptors (Lipinski definition) is 4. The Balaban J connectivity index is 1.84. The molecule has 0 aliphatic carbocycles. The highest BCUT2D eigenvalue weighted by molar-refractivity contribution is 5.99. The Bertz CT molecular complexity index is 793. The molecule has 2 aromatic rings. The fraction of sp³-hybridized carbons (Fsp3) is 0.316. The molecule has 1 aromatic heterocycles. The summed E-state index contributed by atoms with van der Waals surface area (Å²) in [6, 6.07) is 8.79. The standard InChI is InChI=1S/C19H22N2O5/c1-13(22)15-10-17(21(2)12-15)19(25)20-11-14-5-7-16(8-6-14)26-9-3-4-18(23)24/h5-8,10,12H,3-4,9,11H2,1-2H3,(H,20,25)(H,23,24). The average molecular weight is 358 g/mol. The van der Waals surface area contributed by atoms with Gasteiger partial charge in [0.05, 0.1) is 6.61 Å². The number of carboxylic acids is 1. The fourth-order valence-corrected chi connectivity index (χ4v) is 2.37. The molecule has 0 saturated heterocycles. The van der Waals surface area contributed by atoms with Gasteiger partial charge in [-0.25, -0.2) is 0 Å². The number of aryl methyl sites for hydroxylation is 1. The van der Waals surface area contributed by atoms with Crippen LogP contribution in [0.2, 0.25) is 0 Å². The number of ether oxygens (including phenoxy) is 1. The number of nitrogens with one attached hydrogen (secondary N) is 1. The van der Waals surface area contributed by atoms with Crippen molar-refractivity contribution in [2.24, 2.45) is 7.05 Å². The van der Waals surface area contributed by atoms with Crippen molar-refractivity contribution in [3.8, 4) is 5.75 Å². The predicted molar refractivity (Wildman–Crippen MR) is 95.4 cm³/mol. The van der Waals surface area contributed by atoms with E-state index in [9.17, 15) is 14.4 Å². The molecule has 0 spiro atoms. The van der Waals surface area contributed by atoms with Gasteiger partial charge in [-0.1, -0.05) is 12.1 Å². The lowest BCUT2D eigenvalue weighted by molar-refractivity contribution is -0.137. The number of Topliss-reactive ketones (excluding diaryl/α,β-unsaturated/α-hetero) is 1. The van der Waals surface area contributed by atoms with Gasteiger partial charge in [0.1, 0.15) is 11.4 Å². The van der Waals surface area contributed by atoms with Gasteiger partial charge in [0.15, 0.2) is 5.78 Å². The van der Waals surface area contributed by atoms with E-state index in [2.05, 4.69) is 5.32 Å². The van der Waals surface area contributed by atoms with Gasteiger partial charge in [-0.3, -0.25) is 14.4 Å². The van der Waals surface area contributed by atoms with Gasteiger partial charge in [-0.2, -0.15) is 0 Å². The highest BCUT2D eigenvalue weighted by Crippen LogP contribution is 2.13. The van der Waals surface area contributed by atoms with E-state index in [0.717, 1.165) is 5.56 Å². The van der Waals surface area contributed by atoms with Gasteiger partial charge in [-0.05, 0) is 37.1 Å². The molecule has 7 nitrogen and oxygen atoms in total. The summed E-state index contributed by atoms with van der Waals surface area (Å²) in [7, 11) is 1.72. The lowest BCUT2D eigenvalue weighted by Crippen LogP contribution is -2.24. The number of carbonyl (C=O) groups excluding carboxylic acids is 2. The molecule has 1 heterocycles. The maximum absolute atomic E-state index is 12.3. The van der Waals surface area contributed by atoms with Crippen LogP contribution in [0, 0.1) is 0 Å². The van der Waals surface area contributed by atoms with Crippen LogP contribution in [0.15, 0.2) is 36.5 Å². The van der Waals surface area contributed by atoms with E-state index in [4.69, 9.17) is 9.84 Å². The number of nitrogens with zero attached hydrogens (tertiary/aromatic N) is 1. The summed E-state index contributed by atoms with van der Waals surface area (Å²) in [5.74, 6) is -0.528. The van der Waals surface area contributed by atoms with Crippen molar-refractivity contribution in [1.29, 1.82) is 0 Å². The predicted octanol–water partition coefficient (Wildman–Crippen LogP) is 2.40. The van der Waals surface area contributed by atoms with Crippen molar-refractivity contribution in [2.45, 2.75) is 26.3 Å². The minimum atomic E-state index is -0.840. The number of aliphatic carboxylic acids is 1. The number of rotatable bonds is 9. The van der Waals surface area contributed by atoms with Crippen LogP contribution in [-0.4, -0.2) is 33.9 Å². The highest BCUT2D eigenvalue weighted by atomic mass is 16.5. The summed E-state index contributed by atoms with van der Waals surface area (Å²) in [5, 5.41) is 11.4. The Labute approximate surface area is 151 Å². The first-order valence-electron chi connectivity index (χ1n) is 8.26. The Morgan fingerprint density at radius 3 is 2.46 bits per heavy atom. The monoisotopic (exact) mass is 358 g/mol. The van der Waals surface area contributed by atoms with E-state index in [1.54, 1.807) is 36.0 Å². The van der Waals surface area contributed by atoms with Gasteiger partial charge < -0.3 is 19.7 Å². The van der Waals surface area contributed by atoms with E-state index < -0.39 is 5.97 Å². The van der Waals surface area contributed by atoms with Gasteiger partial charge in [0.25, 0.3) is 5.91 Å². The van der Waals surface area contributed by atoms with Crippen LogP contribution in [0.1, 0.15) is 46.2 Å². The molecule has 0 saturated carbocycles. The molecule has 0 radical (unpaired) electrons. The summed E-state index contributed by atoms with van der Waals surface area (Å²) in [4.78, 5) is 34.1. The Morgan fingerprint density at radius 1 is 1.19 bits per heavy atom. The minimum absolute atomic E-state index is 0.0780. The zero-order valence-corrected chi connectivity index (χ0v) is 14.8. The second-order valence-electron chi connectivity index (χ2n) is 5.95. The third-order valence-electron chi connectivity index (χ3n) is 3.82. The molecular formula is C19H22N2O5. The molecule has 0 aliphatic heterocycles. The molecule has 2 rings (SSSR count). The van der Waals surface area contributed by atoms with Crippen LogP contribution in [0.4, 0.5) is 0 Å².